The van der Waals surface area contributed by atoms with E-state index in [4.69, 9.17) is 0 Å². The van der Waals surface area contributed by atoms with E-state index < -0.39 is 5.41 Å². The first-order valence-corrected chi connectivity index (χ1v) is 10.0. The number of nitrogens with one attached hydrogen (secondary N) is 3. The van der Waals surface area contributed by atoms with Gasteiger partial charge in [-0.25, -0.2) is 4.68 Å². The minimum Gasteiger partial charge on any atom is -0.325 e. The maximum absolute atomic E-state index is 12.8. The molecule has 1 aromatic heterocycles. The summed E-state index contributed by atoms with van der Waals surface area (Å²) in [5.41, 5.74) is 2.79. The van der Waals surface area contributed by atoms with Crippen molar-refractivity contribution >= 4 is 35.6 Å². The predicted molar refractivity (Wildman–Crippen MR) is 120 cm³/mol. The summed E-state index contributed by atoms with van der Waals surface area (Å²) >= 11 is 0. The minimum absolute atomic E-state index is 0. The fraction of sp³-hybridized carbons (Fsp3) is 0.524. The highest BCUT2D eigenvalue weighted by molar-refractivity contribution is 6.04. The first-order chi connectivity index (χ1) is 13.7. The predicted octanol–water partition coefficient (Wildman–Crippen LogP) is 3.48. The average molecular weight is 435 g/mol. The van der Waals surface area contributed by atoms with Crippen LogP contribution in [0.2, 0.25) is 0 Å². The Morgan fingerprint density at radius 2 is 1.80 bits per heavy atom. The number of rotatable bonds is 4. The molecule has 3 N–H and O–H groups in total. The van der Waals surface area contributed by atoms with Gasteiger partial charge in [-0.1, -0.05) is 32.1 Å². The second-order valence-electron chi connectivity index (χ2n) is 8.64. The molecular weight excluding hydrogens is 404 g/mol. The zero-order valence-corrected chi connectivity index (χ0v) is 19.0. The first kappa shape index (κ1) is 23.8. The monoisotopic (exact) mass is 434 g/mol. The number of hydrogen-bond acceptors (Lipinski definition) is 5. The maximum atomic E-state index is 12.8. The fourth-order valence-corrected chi connectivity index (χ4v) is 3.28. The van der Waals surface area contributed by atoms with E-state index in [0.29, 0.717) is 17.1 Å². The molecule has 164 valence electrons. The number of aromatic nitrogens is 3. The Morgan fingerprint density at radius 3 is 2.43 bits per heavy atom. The molecule has 0 spiro atoms. The van der Waals surface area contributed by atoms with Crippen molar-refractivity contribution in [3.63, 3.8) is 0 Å². The van der Waals surface area contributed by atoms with E-state index in [1.165, 1.54) is 0 Å². The summed E-state index contributed by atoms with van der Waals surface area (Å²) in [5, 5.41) is 17.5. The van der Waals surface area contributed by atoms with Crippen LogP contribution in [0.3, 0.4) is 0 Å². The number of benzene rings is 1. The molecule has 1 aromatic carbocycles. The molecule has 1 aliphatic heterocycles. The molecule has 1 aliphatic rings. The smallest absolute Gasteiger partial charge is 0.278 e. The van der Waals surface area contributed by atoms with E-state index in [-0.39, 0.29) is 30.3 Å². The molecular formula is C21H31ClN6O2. The number of halogens is 1. The SMILES string of the molecule is Cc1ccc(NC(=O)c2nnn(C3CCNCC3)c2C)cc1NC(=O)C(C)(C)C.Cl. The van der Waals surface area contributed by atoms with E-state index in [0.717, 1.165) is 37.2 Å². The van der Waals surface area contributed by atoms with Gasteiger partial charge >= 0.3 is 0 Å². The number of carbonyl (C=O) groups is 2. The molecule has 0 radical (unpaired) electrons. The van der Waals surface area contributed by atoms with Crippen LogP contribution in [0.15, 0.2) is 18.2 Å². The molecule has 2 amide bonds. The van der Waals surface area contributed by atoms with Crippen LogP contribution in [0.5, 0.6) is 0 Å². The lowest BCUT2D eigenvalue weighted by atomic mass is 9.95. The summed E-state index contributed by atoms with van der Waals surface area (Å²) in [6.07, 6.45) is 1.94. The van der Waals surface area contributed by atoms with Crippen LogP contribution in [0.25, 0.3) is 0 Å². The summed E-state index contributed by atoms with van der Waals surface area (Å²) in [5.74, 6) is -0.385. The second kappa shape index (κ2) is 9.57. The van der Waals surface area contributed by atoms with Crippen molar-refractivity contribution in [2.45, 2.75) is 53.5 Å². The highest BCUT2D eigenvalue weighted by Gasteiger charge is 2.24. The van der Waals surface area contributed by atoms with E-state index in [1.807, 2.05) is 51.4 Å². The van der Waals surface area contributed by atoms with Crippen LogP contribution in [-0.4, -0.2) is 39.9 Å². The number of anilines is 2. The molecule has 2 heterocycles. The van der Waals surface area contributed by atoms with Gasteiger partial charge in [-0.2, -0.15) is 0 Å². The summed E-state index contributed by atoms with van der Waals surface area (Å²) in [7, 11) is 0. The van der Waals surface area contributed by atoms with Gasteiger partial charge in [0.1, 0.15) is 0 Å². The standard InChI is InChI=1S/C21H30N6O2.ClH/c1-13-6-7-15(12-17(13)24-20(29)21(3,4)5)23-19(28)18-14(2)27(26-25-18)16-8-10-22-11-9-16;/h6-7,12,16,22H,8-11H2,1-5H3,(H,23,28)(H,24,29);1H. The van der Waals surface area contributed by atoms with Crippen molar-refractivity contribution in [3.8, 4) is 0 Å². The molecule has 9 heteroatoms. The van der Waals surface area contributed by atoms with E-state index in [9.17, 15) is 9.59 Å². The van der Waals surface area contributed by atoms with Crippen LogP contribution in [-0.2, 0) is 4.79 Å². The summed E-state index contributed by atoms with van der Waals surface area (Å²) in [4.78, 5) is 25.1. The Hall–Kier alpha value is -2.45. The highest BCUT2D eigenvalue weighted by Crippen LogP contribution is 2.25. The zero-order chi connectivity index (χ0) is 21.2. The van der Waals surface area contributed by atoms with Gasteiger partial charge in [0.15, 0.2) is 5.69 Å². The molecule has 3 rings (SSSR count). The molecule has 2 aromatic rings. The first-order valence-electron chi connectivity index (χ1n) is 10.0. The lowest BCUT2D eigenvalue weighted by Gasteiger charge is -2.23. The van der Waals surface area contributed by atoms with E-state index >= 15 is 0 Å². The van der Waals surface area contributed by atoms with Gasteiger partial charge in [-0.05, 0) is 57.5 Å². The van der Waals surface area contributed by atoms with E-state index in [1.54, 1.807) is 6.07 Å². The molecule has 8 nitrogen and oxygen atoms in total. The number of piperidine rings is 1. The maximum Gasteiger partial charge on any atom is 0.278 e. The van der Waals surface area contributed by atoms with Crippen LogP contribution < -0.4 is 16.0 Å². The molecule has 0 bridgehead atoms. The van der Waals surface area contributed by atoms with Gasteiger partial charge in [0.05, 0.1) is 11.7 Å². The Bertz CT molecular complexity index is 913. The Labute approximate surface area is 183 Å². The molecule has 0 saturated carbocycles. The molecule has 30 heavy (non-hydrogen) atoms. The number of aryl methyl sites for hydroxylation is 1. The Kier molecular flexibility index (Phi) is 7.60. The van der Waals surface area contributed by atoms with Gasteiger partial charge in [-0.3, -0.25) is 9.59 Å². The summed E-state index contributed by atoms with van der Waals surface area (Å²) < 4.78 is 1.86. The molecule has 0 aliphatic carbocycles. The van der Waals surface area contributed by atoms with Crippen molar-refractivity contribution in [1.82, 2.24) is 20.3 Å². The highest BCUT2D eigenvalue weighted by atomic mass is 35.5. The van der Waals surface area contributed by atoms with Gasteiger partial charge in [0, 0.05) is 16.8 Å². The van der Waals surface area contributed by atoms with Crippen molar-refractivity contribution in [3.05, 3.63) is 35.2 Å². The largest absolute Gasteiger partial charge is 0.325 e. The summed E-state index contributed by atoms with van der Waals surface area (Å²) in [6.45, 7) is 11.3. The number of hydrogen-bond donors (Lipinski definition) is 3. The summed E-state index contributed by atoms with van der Waals surface area (Å²) in [6, 6.07) is 5.71. The molecule has 1 fully saturated rings. The third kappa shape index (κ3) is 5.37. The van der Waals surface area contributed by atoms with Crippen molar-refractivity contribution in [2.24, 2.45) is 5.41 Å². The lowest BCUT2D eigenvalue weighted by molar-refractivity contribution is -0.123. The van der Waals surface area contributed by atoms with Crippen molar-refractivity contribution in [1.29, 1.82) is 0 Å². The lowest BCUT2D eigenvalue weighted by Crippen LogP contribution is -2.30. The van der Waals surface area contributed by atoms with Gasteiger partial charge in [0.25, 0.3) is 5.91 Å². The Morgan fingerprint density at radius 1 is 1.13 bits per heavy atom. The van der Waals surface area contributed by atoms with Gasteiger partial charge in [0.2, 0.25) is 5.91 Å². The van der Waals surface area contributed by atoms with Gasteiger partial charge < -0.3 is 16.0 Å². The molecule has 0 atom stereocenters. The quantitative estimate of drug-likeness (QED) is 0.683. The van der Waals surface area contributed by atoms with Crippen LogP contribution in [0.4, 0.5) is 11.4 Å². The number of nitrogens with zero attached hydrogens (tertiary/aromatic N) is 3. The normalized spacial score (nSPS) is 14.7. The molecule has 1 saturated heterocycles. The fourth-order valence-electron chi connectivity index (χ4n) is 3.28. The van der Waals surface area contributed by atoms with Crippen LogP contribution in [0.1, 0.15) is 61.4 Å². The Balaban J connectivity index is 0.00000320. The minimum atomic E-state index is -0.504. The number of carbonyl (C=O) groups excluding carboxylic acids is 2. The molecule has 0 unspecified atom stereocenters. The average Bonchev–Trinajstić information content (AvgIpc) is 3.06. The van der Waals surface area contributed by atoms with Gasteiger partial charge in [-0.15, -0.1) is 17.5 Å². The number of amides is 2. The third-order valence-corrected chi connectivity index (χ3v) is 5.22. The van der Waals surface area contributed by atoms with E-state index in [2.05, 4.69) is 26.3 Å². The zero-order valence-electron chi connectivity index (χ0n) is 18.2. The van der Waals surface area contributed by atoms with Crippen molar-refractivity contribution in [2.75, 3.05) is 23.7 Å². The van der Waals surface area contributed by atoms with Crippen LogP contribution in [0, 0.1) is 19.3 Å². The topological polar surface area (TPSA) is 101 Å². The van der Waals surface area contributed by atoms with Crippen LogP contribution >= 0.6 is 12.4 Å². The third-order valence-electron chi connectivity index (χ3n) is 5.22. The van der Waals surface area contributed by atoms with Crippen molar-refractivity contribution < 1.29 is 9.59 Å². The second-order valence-corrected chi connectivity index (χ2v) is 8.64.